The lowest BCUT2D eigenvalue weighted by Gasteiger charge is -2.36. The molecule has 2 aliphatic rings. The highest BCUT2D eigenvalue weighted by molar-refractivity contribution is 6.42. The summed E-state index contributed by atoms with van der Waals surface area (Å²) < 4.78 is 5.26. The molecule has 2 aliphatic carbocycles. The van der Waals surface area contributed by atoms with E-state index in [2.05, 4.69) is 0 Å². The maximum atomic E-state index is 12.4. The predicted octanol–water partition coefficient (Wildman–Crippen LogP) is 3.89. The Balaban J connectivity index is 1.48. The van der Waals surface area contributed by atoms with E-state index in [4.69, 9.17) is 27.9 Å². The number of esters is 1. The molecule has 2 saturated carbocycles. The standard InChI is InChI=1S/C20H23Cl2NO4/c1-23(10-12-5-6-16(21)17(22)7-12)18(24)11-27-20(26)15-8-13-3-2-4-14(9-15)19(13)25/h5-7,13-15H,2-4,8-11H2,1H3/t13-,14+,15?. The Kier molecular flexibility index (Phi) is 6.43. The van der Waals surface area contributed by atoms with Crippen molar-refractivity contribution in [1.29, 1.82) is 0 Å². The molecule has 2 fully saturated rings. The van der Waals surface area contributed by atoms with Gasteiger partial charge in [0.1, 0.15) is 5.78 Å². The smallest absolute Gasteiger partial charge is 0.309 e. The number of ketones is 1. The van der Waals surface area contributed by atoms with Gasteiger partial charge in [-0.3, -0.25) is 14.4 Å². The van der Waals surface area contributed by atoms with E-state index < -0.39 is 0 Å². The van der Waals surface area contributed by atoms with Crippen molar-refractivity contribution in [3.63, 3.8) is 0 Å². The molecule has 5 nitrogen and oxygen atoms in total. The van der Waals surface area contributed by atoms with E-state index in [1.807, 2.05) is 0 Å². The largest absolute Gasteiger partial charge is 0.455 e. The molecule has 1 aromatic carbocycles. The fourth-order valence-electron chi connectivity index (χ4n) is 4.03. The van der Waals surface area contributed by atoms with Crippen molar-refractivity contribution in [2.45, 2.75) is 38.6 Å². The van der Waals surface area contributed by atoms with Crippen LogP contribution in [0, 0.1) is 17.8 Å². The molecule has 0 spiro atoms. The zero-order chi connectivity index (χ0) is 19.6. The minimum absolute atomic E-state index is 0.0110. The van der Waals surface area contributed by atoms with Gasteiger partial charge in [0.25, 0.3) is 5.91 Å². The number of benzene rings is 1. The Bertz CT molecular complexity index is 735. The number of fused-ring (bicyclic) bond motifs is 2. The van der Waals surface area contributed by atoms with E-state index in [-0.39, 0.29) is 36.2 Å². The fraction of sp³-hybridized carbons (Fsp3) is 0.550. The summed E-state index contributed by atoms with van der Waals surface area (Å²) >= 11 is 11.9. The molecule has 0 aliphatic heterocycles. The van der Waals surface area contributed by atoms with Crippen LogP contribution in [-0.4, -0.2) is 36.2 Å². The average molecular weight is 412 g/mol. The molecule has 0 radical (unpaired) electrons. The third-order valence-corrected chi connectivity index (χ3v) is 6.29. The SMILES string of the molecule is CN(Cc1ccc(Cl)c(Cl)c1)C(=O)COC(=O)C1C[C@H]2CCC[C@@H](C1)C2=O. The van der Waals surface area contributed by atoms with Crippen LogP contribution in [0.25, 0.3) is 0 Å². The third kappa shape index (κ3) is 4.82. The zero-order valence-corrected chi connectivity index (χ0v) is 16.8. The second-order valence-corrected chi connectivity index (χ2v) is 8.32. The Hall–Kier alpha value is -1.59. The van der Waals surface area contributed by atoms with Crippen molar-refractivity contribution in [1.82, 2.24) is 4.90 Å². The van der Waals surface area contributed by atoms with Crippen molar-refractivity contribution in [3.8, 4) is 0 Å². The average Bonchev–Trinajstić information content (AvgIpc) is 2.62. The van der Waals surface area contributed by atoms with Gasteiger partial charge < -0.3 is 9.64 Å². The summed E-state index contributed by atoms with van der Waals surface area (Å²) in [5, 5.41) is 0.887. The van der Waals surface area contributed by atoms with Crippen LogP contribution in [0.5, 0.6) is 0 Å². The zero-order valence-electron chi connectivity index (χ0n) is 15.2. The van der Waals surface area contributed by atoms with Crippen LogP contribution in [0.3, 0.4) is 0 Å². The van der Waals surface area contributed by atoms with Crippen LogP contribution in [0.4, 0.5) is 0 Å². The van der Waals surface area contributed by atoms with E-state index in [9.17, 15) is 14.4 Å². The molecule has 1 unspecified atom stereocenters. The highest BCUT2D eigenvalue weighted by atomic mass is 35.5. The molecule has 0 heterocycles. The van der Waals surface area contributed by atoms with Crippen LogP contribution >= 0.6 is 23.2 Å². The molecule has 27 heavy (non-hydrogen) atoms. The maximum Gasteiger partial charge on any atom is 0.309 e. The second-order valence-electron chi connectivity index (χ2n) is 7.50. The van der Waals surface area contributed by atoms with Crippen molar-refractivity contribution < 1.29 is 19.1 Å². The monoisotopic (exact) mass is 411 g/mol. The van der Waals surface area contributed by atoms with Gasteiger partial charge in [0.05, 0.1) is 16.0 Å². The van der Waals surface area contributed by atoms with E-state index >= 15 is 0 Å². The van der Waals surface area contributed by atoms with Crippen molar-refractivity contribution in [2.75, 3.05) is 13.7 Å². The summed E-state index contributed by atoms with van der Waals surface area (Å²) in [5.74, 6) is -0.641. The summed E-state index contributed by atoms with van der Waals surface area (Å²) in [5.41, 5.74) is 0.838. The van der Waals surface area contributed by atoms with E-state index in [1.165, 1.54) is 4.90 Å². The fourth-order valence-corrected chi connectivity index (χ4v) is 4.35. The van der Waals surface area contributed by atoms with Gasteiger partial charge in [0, 0.05) is 25.4 Å². The number of Topliss-reactive ketones (excluding diaryl/α,β-unsaturated/α-hetero) is 1. The molecule has 0 saturated heterocycles. The van der Waals surface area contributed by atoms with Crippen molar-refractivity contribution >= 4 is 40.9 Å². The molecule has 146 valence electrons. The van der Waals surface area contributed by atoms with Crippen LogP contribution in [0.15, 0.2) is 18.2 Å². The summed E-state index contributed by atoms with van der Waals surface area (Å²) in [6.07, 6.45) is 3.90. The van der Waals surface area contributed by atoms with Gasteiger partial charge in [-0.25, -0.2) is 0 Å². The number of hydrogen-bond acceptors (Lipinski definition) is 4. The Morgan fingerprint density at radius 2 is 1.81 bits per heavy atom. The first-order valence-electron chi connectivity index (χ1n) is 9.23. The third-order valence-electron chi connectivity index (χ3n) is 5.55. The van der Waals surface area contributed by atoms with Crippen LogP contribution in [0.2, 0.25) is 10.0 Å². The lowest BCUT2D eigenvalue weighted by molar-refractivity contribution is -0.158. The van der Waals surface area contributed by atoms with Crippen LogP contribution in [-0.2, 0) is 25.7 Å². The molecule has 1 amide bonds. The molecule has 2 bridgehead atoms. The number of carbonyl (C=O) groups is 3. The van der Waals surface area contributed by atoms with Gasteiger partial charge in [0.2, 0.25) is 0 Å². The van der Waals surface area contributed by atoms with Crippen LogP contribution < -0.4 is 0 Å². The van der Waals surface area contributed by atoms with E-state index in [1.54, 1.807) is 25.2 Å². The van der Waals surface area contributed by atoms with Gasteiger partial charge >= 0.3 is 5.97 Å². The number of hydrogen-bond donors (Lipinski definition) is 0. The van der Waals surface area contributed by atoms with Gasteiger partial charge in [-0.15, -0.1) is 0 Å². The molecule has 0 aromatic heterocycles. The van der Waals surface area contributed by atoms with Crippen LogP contribution in [0.1, 0.15) is 37.7 Å². The van der Waals surface area contributed by atoms with Gasteiger partial charge in [-0.05, 0) is 43.4 Å². The summed E-state index contributed by atoms with van der Waals surface area (Å²) in [6, 6.07) is 5.18. The quantitative estimate of drug-likeness (QED) is 0.689. The molecule has 3 rings (SSSR count). The Morgan fingerprint density at radius 1 is 1.15 bits per heavy atom. The van der Waals surface area contributed by atoms with Gasteiger partial charge in [-0.2, -0.15) is 0 Å². The number of amides is 1. The number of rotatable bonds is 5. The first-order valence-corrected chi connectivity index (χ1v) is 9.99. The minimum Gasteiger partial charge on any atom is -0.455 e. The van der Waals surface area contributed by atoms with E-state index in [0.717, 1.165) is 24.8 Å². The van der Waals surface area contributed by atoms with Crippen molar-refractivity contribution in [3.05, 3.63) is 33.8 Å². The topological polar surface area (TPSA) is 63.7 Å². The first-order chi connectivity index (χ1) is 12.8. The molecular weight excluding hydrogens is 389 g/mol. The molecule has 7 heteroatoms. The number of halogens is 2. The predicted molar refractivity (Wildman–Crippen MR) is 102 cm³/mol. The Labute approximate surface area is 168 Å². The molecular formula is C20H23Cl2NO4. The normalized spacial score (nSPS) is 24.4. The van der Waals surface area contributed by atoms with Gasteiger partial charge in [0.15, 0.2) is 6.61 Å². The summed E-state index contributed by atoms with van der Waals surface area (Å²) in [6.45, 7) is 0.0474. The maximum absolute atomic E-state index is 12.4. The minimum atomic E-state index is -0.365. The number of likely N-dealkylation sites (N-methyl/N-ethyl adjacent to an activating group) is 1. The van der Waals surface area contributed by atoms with Gasteiger partial charge in [-0.1, -0.05) is 35.7 Å². The van der Waals surface area contributed by atoms with Crippen molar-refractivity contribution in [2.24, 2.45) is 17.8 Å². The lowest BCUT2D eigenvalue weighted by Crippen LogP contribution is -2.40. The highest BCUT2D eigenvalue weighted by Gasteiger charge is 2.41. The summed E-state index contributed by atoms with van der Waals surface area (Å²) in [4.78, 5) is 38.2. The first kappa shape index (κ1) is 20.2. The number of ether oxygens (including phenoxy) is 1. The number of carbonyl (C=O) groups excluding carboxylic acids is 3. The Morgan fingerprint density at radius 3 is 2.44 bits per heavy atom. The van der Waals surface area contributed by atoms with E-state index in [0.29, 0.717) is 35.2 Å². The molecule has 0 N–H and O–H groups in total. The highest BCUT2D eigenvalue weighted by Crippen LogP contribution is 2.40. The molecule has 3 atom stereocenters. The number of nitrogens with zero attached hydrogens (tertiary/aromatic N) is 1. The summed E-state index contributed by atoms with van der Waals surface area (Å²) in [7, 11) is 1.64. The second kappa shape index (κ2) is 8.61. The lowest BCUT2D eigenvalue weighted by atomic mass is 9.67. The molecule has 1 aromatic rings.